The Kier molecular flexibility index (Phi) is 4.33. The smallest absolute Gasteiger partial charge is 0.244 e. The molecule has 0 fully saturated rings. The Morgan fingerprint density at radius 2 is 2.00 bits per heavy atom. The minimum absolute atomic E-state index is 0.209. The molecule has 2 aromatic heterocycles. The molecule has 0 bridgehead atoms. The maximum atomic E-state index is 13.0. The molecule has 6 nitrogen and oxygen atoms in total. The van der Waals surface area contributed by atoms with Gasteiger partial charge in [-0.15, -0.1) is 0 Å². The van der Waals surface area contributed by atoms with E-state index in [2.05, 4.69) is 9.97 Å². The number of carbonyl (C=O) groups excluding carboxylic acids is 1. The zero-order valence-electron chi connectivity index (χ0n) is 14.0. The van der Waals surface area contributed by atoms with E-state index in [0.29, 0.717) is 17.1 Å². The molecule has 1 aliphatic rings. The number of fused-ring (bicyclic) bond motifs is 1. The molecule has 2 unspecified atom stereocenters. The third kappa shape index (κ3) is 3.02. The number of methoxy groups -OCH3 is 1. The number of ketones is 1. The molecule has 2 atom stereocenters. The number of benzene rings is 1. The topological polar surface area (TPSA) is 70.5 Å². The van der Waals surface area contributed by atoms with Crippen molar-refractivity contribution in [3.05, 3.63) is 72.7 Å². The lowest BCUT2D eigenvalue weighted by molar-refractivity contribution is -0.110. The summed E-state index contributed by atoms with van der Waals surface area (Å²) in [4.78, 5) is 21.4. The van der Waals surface area contributed by atoms with E-state index in [1.54, 1.807) is 42.9 Å². The zero-order chi connectivity index (χ0) is 17.9. The first-order valence-corrected chi connectivity index (χ1v) is 8.12. The van der Waals surface area contributed by atoms with Gasteiger partial charge in [0.1, 0.15) is 11.5 Å². The van der Waals surface area contributed by atoms with E-state index in [-0.39, 0.29) is 5.78 Å². The molecule has 0 spiro atoms. The molecule has 6 heteroatoms. The molecule has 130 valence electrons. The van der Waals surface area contributed by atoms with Crippen LogP contribution in [-0.4, -0.2) is 35.3 Å². The summed E-state index contributed by atoms with van der Waals surface area (Å²) in [7, 11) is 1.48. The van der Waals surface area contributed by atoms with Crippen LogP contribution >= 0.6 is 0 Å². The van der Waals surface area contributed by atoms with E-state index in [1.807, 2.05) is 24.3 Å². The van der Waals surface area contributed by atoms with Crippen molar-refractivity contribution in [1.82, 2.24) is 9.97 Å². The highest BCUT2D eigenvalue weighted by molar-refractivity contribution is 6.04. The Balaban J connectivity index is 1.69. The van der Waals surface area contributed by atoms with Gasteiger partial charge in [0.2, 0.25) is 18.2 Å². The summed E-state index contributed by atoms with van der Waals surface area (Å²) in [5.74, 6) is 0.730. The highest BCUT2D eigenvalue weighted by Gasteiger charge is 2.39. The SMILES string of the molecule is COC1Oc2ccc(-c3ccccn3)cc2C(=O)C1Oc1cccnc1. The fourth-order valence-electron chi connectivity index (χ4n) is 2.83. The van der Waals surface area contributed by atoms with Gasteiger partial charge in [-0.2, -0.15) is 0 Å². The number of Topliss-reactive ketones (excluding diaryl/α,β-unsaturated/α-hetero) is 1. The number of rotatable bonds is 4. The standard InChI is InChI=1S/C20H16N2O4/c1-24-20-19(25-14-5-4-9-21-12-14)18(23)15-11-13(7-8-17(15)26-20)16-6-2-3-10-22-16/h2-12,19-20H,1H3. The summed E-state index contributed by atoms with van der Waals surface area (Å²) in [6.07, 6.45) is 3.13. The predicted octanol–water partition coefficient (Wildman–Crippen LogP) is 3.14. The normalized spacial score (nSPS) is 18.7. The van der Waals surface area contributed by atoms with E-state index in [9.17, 15) is 4.79 Å². The third-order valence-electron chi connectivity index (χ3n) is 4.08. The summed E-state index contributed by atoms with van der Waals surface area (Å²) in [5, 5.41) is 0. The molecular weight excluding hydrogens is 332 g/mol. The van der Waals surface area contributed by atoms with Gasteiger partial charge < -0.3 is 14.2 Å². The van der Waals surface area contributed by atoms with Crippen molar-refractivity contribution in [2.45, 2.75) is 12.4 Å². The van der Waals surface area contributed by atoms with Crippen LogP contribution in [-0.2, 0) is 4.74 Å². The van der Waals surface area contributed by atoms with Crippen LogP contribution in [0.5, 0.6) is 11.5 Å². The van der Waals surface area contributed by atoms with Crippen molar-refractivity contribution < 1.29 is 19.0 Å². The molecule has 0 aliphatic carbocycles. The maximum Gasteiger partial charge on any atom is 0.244 e. The van der Waals surface area contributed by atoms with Gasteiger partial charge in [0.15, 0.2) is 0 Å². The molecule has 0 radical (unpaired) electrons. The molecule has 0 N–H and O–H groups in total. The van der Waals surface area contributed by atoms with Gasteiger partial charge in [-0.1, -0.05) is 6.07 Å². The number of pyridine rings is 2. The summed E-state index contributed by atoms with van der Waals surface area (Å²) in [6.45, 7) is 0. The number of ether oxygens (including phenoxy) is 3. The number of hydrogen-bond donors (Lipinski definition) is 0. The number of carbonyl (C=O) groups is 1. The van der Waals surface area contributed by atoms with Crippen LogP contribution in [0.25, 0.3) is 11.3 Å². The fourth-order valence-corrected chi connectivity index (χ4v) is 2.83. The summed E-state index contributed by atoms with van der Waals surface area (Å²) in [5.41, 5.74) is 2.05. The Morgan fingerprint density at radius 3 is 2.73 bits per heavy atom. The summed E-state index contributed by atoms with van der Waals surface area (Å²) < 4.78 is 16.9. The Hall–Kier alpha value is -3.25. The van der Waals surface area contributed by atoms with Crippen molar-refractivity contribution in [2.75, 3.05) is 7.11 Å². The number of aromatic nitrogens is 2. The summed E-state index contributed by atoms with van der Waals surface area (Å²) >= 11 is 0. The van der Waals surface area contributed by atoms with Gasteiger partial charge in [-0.3, -0.25) is 14.8 Å². The highest BCUT2D eigenvalue weighted by atomic mass is 16.7. The zero-order valence-corrected chi connectivity index (χ0v) is 14.0. The molecule has 0 amide bonds. The van der Waals surface area contributed by atoms with Crippen LogP contribution in [0, 0.1) is 0 Å². The second kappa shape index (κ2) is 6.93. The molecule has 3 heterocycles. The van der Waals surface area contributed by atoms with Crippen LogP contribution < -0.4 is 9.47 Å². The lowest BCUT2D eigenvalue weighted by atomic mass is 9.98. The highest BCUT2D eigenvalue weighted by Crippen LogP contribution is 2.33. The second-order valence-corrected chi connectivity index (χ2v) is 5.74. The van der Waals surface area contributed by atoms with Crippen molar-refractivity contribution in [2.24, 2.45) is 0 Å². The van der Waals surface area contributed by atoms with Gasteiger partial charge in [0, 0.05) is 25.1 Å². The average molecular weight is 348 g/mol. The van der Waals surface area contributed by atoms with Crippen LogP contribution in [0.1, 0.15) is 10.4 Å². The van der Waals surface area contributed by atoms with E-state index in [0.717, 1.165) is 11.3 Å². The first-order valence-electron chi connectivity index (χ1n) is 8.12. The lowest BCUT2D eigenvalue weighted by Gasteiger charge is -2.31. The second-order valence-electron chi connectivity index (χ2n) is 5.74. The first kappa shape index (κ1) is 16.2. The van der Waals surface area contributed by atoms with Crippen molar-refractivity contribution in [1.29, 1.82) is 0 Å². The monoisotopic (exact) mass is 348 g/mol. The molecule has 1 aromatic carbocycles. The van der Waals surface area contributed by atoms with Crippen LogP contribution in [0.2, 0.25) is 0 Å². The van der Waals surface area contributed by atoms with E-state index < -0.39 is 12.4 Å². The number of nitrogens with zero attached hydrogens (tertiary/aromatic N) is 2. The third-order valence-corrected chi connectivity index (χ3v) is 4.08. The first-order chi connectivity index (χ1) is 12.8. The predicted molar refractivity (Wildman–Crippen MR) is 94.1 cm³/mol. The molecule has 4 rings (SSSR count). The van der Waals surface area contributed by atoms with Crippen LogP contribution in [0.3, 0.4) is 0 Å². The van der Waals surface area contributed by atoms with Crippen molar-refractivity contribution in [3.63, 3.8) is 0 Å². The molecule has 3 aromatic rings. The molecular formula is C20H16N2O4. The van der Waals surface area contributed by atoms with Gasteiger partial charge in [0.25, 0.3) is 0 Å². The van der Waals surface area contributed by atoms with Crippen LogP contribution in [0.4, 0.5) is 0 Å². The maximum absolute atomic E-state index is 13.0. The Labute approximate surface area is 150 Å². The van der Waals surface area contributed by atoms with E-state index >= 15 is 0 Å². The quantitative estimate of drug-likeness (QED) is 0.721. The summed E-state index contributed by atoms with van der Waals surface area (Å²) in [6, 6.07) is 14.5. The fraction of sp³-hybridized carbons (Fsp3) is 0.150. The van der Waals surface area contributed by atoms with Gasteiger partial charge in [-0.05, 0) is 42.5 Å². The van der Waals surface area contributed by atoms with Gasteiger partial charge >= 0.3 is 0 Å². The van der Waals surface area contributed by atoms with Crippen molar-refractivity contribution >= 4 is 5.78 Å². The number of hydrogen-bond acceptors (Lipinski definition) is 6. The lowest BCUT2D eigenvalue weighted by Crippen LogP contribution is -2.47. The van der Waals surface area contributed by atoms with Gasteiger partial charge in [-0.25, -0.2) is 0 Å². The average Bonchev–Trinajstić information content (AvgIpc) is 2.71. The van der Waals surface area contributed by atoms with E-state index in [4.69, 9.17) is 14.2 Å². The Morgan fingerprint density at radius 1 is 1.08 bits per heavy atom. The minimum atomic E-state index is -0.921. The van der Waals surface area contributed by atoms with E-state index in [1.165, 1.54) is 7.11 Å². The van der Waals surface area contributed by atoms with Crippen LogP contribution in [0.15, 0.2) is 67.1 Å². The molecule has 0 saturated carbocycles. The molecule has 26 heavy (non-hydrogen) atoms. The molecule has 0 saturated heterocycles. The van der Waals surface area contributed by atoms with Crippen molar-refractivity contribution in [3.8, 4) is 22.8 Å². The minimum Gasteiger partial charge on any atom is -0.474 e. The Bertz CT molecular complexity index is 916. The largest absolute Gasteiger partial charge is 0.474 e. The van der Waals surface area contributed by atoms with Gasteiger partial charge in [0.05, 0.1) is 17.5 Å². The molecule has 1 aliphatic heterocycles.